The molecule has 0 amide bonds. The van der Waals surface area contributed by atoms with Crippen LogP contribution in [0.5, 0.6) is 0 Å². The standard InChI is InChI=1S/C10H13ClN2O3S/c1-2-5-13(6-7-14)17(15,16)9-3-4-12-10(11)8-9/h2-4,8,14H,1,5-7H2. The summed E-state index contributed by atoms with van der Waals surface area (Å²) in [5, 5.41) is 8.95. The van der Waals surface area contributed by atoms with Crippen LogP contribution >= 0.6 is 11.6 Å². The van der Waals surface area contributed by atoms with E-state index in [0.717, 1.165) is 4.31 Å². The minimum atomic E-state index is -3.67. The molecule has 0 saturated heterocycles. The summed E-state index contributed by atoms with van der Waals surface area (Å²) in [4.78, 5) is 3.77. The lowest BCUT2D eigenvalue weighted by Crippen LogP contribution is -2.33. The Balaban J connectivity index is 3.11. The molecule has 0 saturated carbocycles. The summed E-state index contributed by atoms with van der Waals surface area (Å²) < 4.78 is 25.4. The number of aliphatic hydroxyl groups excluding tert-OH is 1. The first-order valence-corrected chi connectivity index (χ1v) is 6.67. The van der Waals surface area contributed by atoms with E-state index in [-0.39, 0.29) is 29.7 Å². The minimum absolute atomic E-state index is 0.00823. The molecule has 7 heteroatoms. The highest BCUT2D eigenvalue weighted by Gasteiger charge is 2.23. The van der Waals surface area contributed by atoms with Gasteiger partial charge >= 0.3 is 0 Å². The molecule has 0 unspecified atom stereocenters. The molecule has 1 aromatic heterocycles. The zero-order chi connectivity index (χ0) is 12.9. The molecule has 0 fully saturated rings. The number of hydrogen-bond donors (Lipinski definition) is 1. The summed E-state index contributed by atoms with van der Waals surface area (Å²) >= 11 is 5.65. The normalized spacial score (nSPS) is 11.7. The maximum absolute atomic E-state index is 12.1. The predicted octanol–water partition coefficient (Wildman–Crippen LogP) is 0.904. The molecule has 1 aromatic rings. The number of rotatable bonds is 6. The number of nitrogens with zero attached hydrogens (tertiary/aromatic N) is 2. The monoisotopic (exact) mass is 276 g/mol. The molecule has 1 N–H and O–H groups in total. The summed E-state index contributed by atoms with van der Waals surface area (Å²) in [6.45, 7) is 3.36. The molecule has 0 aromatic carbocycles. The van der Waals surface area contributed by atoms with Crippen molar-refractivity contribution < 1.29 is 13.5 Å². The van der Waals surface area contributed by atoms with E-state index in [9.17, 15) is 8.42 Å². The summed E-state index contributed by atoms with van der Waals surface area (Å²) in [7, 11) is -3.67. The maximum Gasteiger partial charge on any atom is 0.243 e. The highest BCUT2D eigenvalue weighted by atomic mass is 35.5. The van der Waals surface area contributed by atoms with E-state index in [4.69, 9.17) is 16.7 Å². The van der Waals surface area contributed by atoms with Gasteiger partial charge in [0.05, 0.1) is 11.5 Å². The lowest BCUT2D eigenvalue weighted by Gasteiger charge is -2.19. The molecule has 1 rings (SSSR count). The molecule has 0 atom stereocenters. The van der Waals surface area contributed by atoms with Gasteiger partial charge < -0.3 is 5.11 Å². The number of pyridine rings is 1. The topological polar surface area (TPSA) is 70.5 Å². The quantitative estimate of drug-likeness (QED) is 0.619. The Bertz CT molecular complexity index is 490. The van der Waals surface area contributed by atoms with Gasteiger partial charge in [-0.15, -0.1) is 6.58 Å². The molecule has 0 aliphatic carbocycles. The van der Waals surface area contributed by atoms with Gasteiger partial charge in [-0.2, -0.15) is 4.31 Å². The molecule has 0 spiro atoms. The molecule has 0 bridgehead atoms. The smallest absolute Gasteiger partial charge is 0.243 e. The van der Waals surface area contributed by atoms with Gasteiger partial charge in [-0.05, 0) is 12.1 Å². The Hall–Kier alpha value is -0.950. The van der Waals surface area contributed by atoms with Gasteiger partial charge in [0.1, 0.15) is 5.15 Å². The summed E-state index contributed by atoms with van der Waals surface area (Å²) in [6, 6.07) is 2.62. The van der Waals surface area contributed by atoms with Crippen molar-refractivity contribution in [3.8, 4) is 0 Å². The van der Waals surface area contributed by atoms with Crippen LogP contribution in [-0.4, -0.2) is 42.5 Å². The van der Waals surface area contributed by atoms with Gasteiger partial charge in [0, 0.05) is 19.3 Å². The average Bonchev–Trinajstić information content (AvgIpc) is 2.29. The second kappa shape index (κ2) is 6.11. The van der Waals surface area contributed by atoms with Crippen LogP contribution in [0.2, 0.25) is 5.15 Å². The third kappa shape index (κ3) is 3.50. The first-order valence-electron chi connectivity index (χ1n) is 4.86. The maximum atomic E-state index is 12.1. The first-order chi connectivity index (χ1) is 8.02. The number of hydrogen-bond acceptors (Lipinski definition) is 4. The Labute approximate surface area is 105 Å². The summed E-state index contributed by atoms with van der Waals surface area (Å²) in [5.74, 6) is 0. The van der Waals surface area contributed by atoms with E-state index in [1.54, 1.807) is 0 Å². The molecule has 0 aliphatic heterocycles. The van der Waals surface area contributed by atoms with E-state index in [1.807, 2.05) is 0 Å². The zero-order valence-electron chi connectivity index (χ0n) is 9.08. The van der Waals surface area contributed by atoms with Crippen molar-refractivity contribution in [3.05, 3.63) is 36.1 Å². The second-order valence-electron chi connectivity index (χ2n) is 3.19. The van der Waals surface area contributed by atoms with E-state index >= 15 is 0 Å². The lowest BCUT2D eigenvalue weighted by molar-refractivity contribution is 0.260. The van der Waals surface area contributed by atoms with Gasteiger partial charge in [-0.3, -0.25) is 0 Å². The van der Waals surface area contributed by atoms with Crippen LogP contribution in [0, 0.1) is 0 Å². The third-order valence-corrected chi connectivity index (χ3v) is 4.09. The van der Waals surface area contributed by atoms with E-state index < -0.39 is 10.0 Å². The first kappa shape index (κ1) is 14.1. The highest BCUT2D eigenvalue weighted by molar-refractivity contribution is 7.89. The number of halogens is 1. The predicted molar refractivity (Wildman–Crippen MR) is 65.3 cm³/mol. The van der Waals surface area contributed by atoms with Crippen molar-refractivity contribution in [2.45, 2.75) is 4.90 Å². The number of aliphatic hydroxyl groups is 1. The van der Waals surface area contributed by atoms with Crippen LogP contribution in [0.4, 0.5) is 0 Å². The van der Waals surface area contributed by atoms with Crippen molar-refractivity contribution in [1.29, 1.82) is 0 Å². The summed E-state index contributed by atoms with van der Waals surface area (Å²) in [6.07, 6.45) is 2.77. The van der Waals surface area contributed by atoms with Gasteiger partial charge in [0.2, 0.25) is 10.0 Å². The number of aromatic nitrogens is 1. The fourth-order valence-corrected chi connectivity index (χ4v) is 2.91. The third-order valence-electron chi connectivity index (χ3n) is 2.02. The average molecular weight is 277 g/mol. The van der Waals surface area contributed by atoms with Crippen molar-refractivity contribution >= 4 is 21.6 Å². The van der Waals surface area contributed by atoms with Gasteiger partial charge in [0.25, 0.3) is 0 Å². The van der Waals surface area contributed by atoms with Crippen LogP contribution in [0.3, 0.4) is 0 Å². The molecule has 1 heterocycles. The molecule has 0 aliphatic rings. The largest absolute Gasteiger partial charge is 0.395 e. The Morgan fingerprint density at radius 2 is 2.29 bits per heavy atom. The van der Waals surface area contributed by atoms with E-state index in [0.29, 0.717) is 0 Å². The van der Waals surface area contributed by atoms with Crippen LogP contribution in [0.25, 0.3) is 0 Å². The number of sulfonamides is 1. The van der Waals surface area contributed by atoms with Crippen LogP contribution in [0.1, 0.15) is 0 Å². The van der Waals surface area contributed by atoms with Crippen LogP contribution in [-0.2, 0) is 10.0 Å². The molecule has 5 nitrogen and oxygen atoms in total. The highest BCUT2D eigenvalue weighted by Crippen LogP contribution is 2.17. The fourth-order valence-electron chi connectivity index (χ4n) is 1.26. The SMILES string of the molecule is C=CCN(CCO)S(=O)(=O)c1ccnc(Cl)c1. The molecule has 94 valence electrons. The Morgan fingerprint density at radius 1 is 1.59 bits per heavy atom. The van der Waals surface area contributed by atoms with Crippen molar-refractivity contribution in [3.63, 3.8) is 0 Å². The fraction of sp³-hybridized carbons (Fsp3) is 0.300. The molecule has 0 radical (unpaired) electrons. The van der Waals surface area contributed by atoms with Crippen molar-refractivity contribution in [1.82, 2.24) is 9.29 Å². The Morgan fingerprint density at radius 3 is 2.82 bits per heavy atom. The molecular weight excluding hydrogens is 264 g/mol. The molecular formula is C10H13ClN2O3S. The van der Waals surface area contributed by atoms with Crippen LogP contribution < -0.4 is 0 Å². The van der Waals surface area contributed by atoms with Gasteiger partial charge in [0.15, 0.2) is 0 Å². The second-order valence-corrected chi connectivity index (χ2v) is 5.51. The van der Waals surface area contributed by atoms with Crippen molar-refractivity contribution in [2.75, 3.05) is 19.7 Å². The Kier molecular flexibility index (Phi) is 5.07. The van der Waals surface area contributed by atoms with Gasteiger partial charge in [-0.25, -0.2) is 13.4 Å². The van der Waals surface area contributed by atoms with Crippen LogP contribution in [0.15, 0.2) is 35.9 Å². The zero-order valence-corrected chi connectivity index (χ0v) is 10.7. The molecule has 17 heavy (non-hydrogen) atoms. The van der Waals surface area contributed by atoms with Crippen molar-refractivity contribution in [2.24, 2.45) is 0 Å². The summed E-state index contributed by atoms with van der Waals surface area (Å²) in [5.41, 5.74) is 0. The van der Waals surface area contributed by atoms with E-state index in [1.165, 1.54) is 24.4 Å². The van der Waals surface area contributed by atoms with E-state index in [2.05, 4.69) is 11.6 Å². The van der Waals surface area contributed by atoms with Gasteiger partial charge in [-0.1, -0.05) is 17.7 Å². The lowest BCUT2D eigenvalue weighted by atomic mass is 10.5. The minimum Gasteiger partial charge on any atom is -0.395 e.